The summed E-state index contributed by atoms with van der Waals surface area (Å²) in [4.78, 5) is 28.2. The molecule has 2 aromatic rings. The summed E-state index contributed by atoms with van der Waals surface area (Å²) in [7, 11) is 3.07. The lowest BCUT2D eigenvalue weighted by Crippen LogP contribution is -2.37. The van der Waals surface area contributed by atoms with E-state index in [-0.39, 0.29) is 11.2 Å². The number of aliphatic hydroxyl groups is 1. The number of nitrogens with zero attached hydrogens (tertiary/aromatic N) is 4. The average molecular weight is 294 g/mol. The molecule has 0 saturated heterocycles. The van der Waals surface area contributed by atoms with Crippen molar-refractivity contribution in [1.29, 1.82) is 0 Å². The van der Waals surface area contributed by atoms with Crippen LogP contribution >= 0.6 is 0 Å². The molecule has 2 aromatic heterocycles. The third kappa shape index (κ3) is 3.07. The Bertz CT molecular complexity index is 761. The van der Waals surface area contributed by atoms with Gasteiger partial charge in [-0.3, -0.25) is 13.9 Å². The SMILES string of the molecule is Cn1c(=O)c2c(ncn2CCCCC(C)(C)O)n(C)c1=O. The zero-order valence-corrected chi connectivity index (χ0v) is 13.0. The van der Waals surface area contributed by atoms with Crippen LogP contribution in [0.4, 0.5) is 0 Å². The van der Waals surface area contributed by atoms with Crippen molar-refractivity contribution in [3.8, 4) is 0 Å². The van der Waals surface area contributed by atoms with Crippen LogP contribution in [0.2, 0.25) is 0 Å². The second-order valence-electron chi connectivity index (χ2n) is 6.09. The van der Waals surface area contributed by atoms with Crippen LogP contribution in [0.15, 0.2) is 15.9 Å². The summed E-state index contributed by atoms with van der Waals surface area (Å²) in [6.07, 6.45) is 3.99. The first-order valence-corrected chi connectivity index (χ1v) is 7.05. The number of imidazole rings is 1. The number of unbranched alkanes of at least 4 members (excludes halogenated alkanes) is 1. The maximum atomic E-state index is 12.2. The fraction of sp³-hybridized carbons (Fsp3) is 0.643. The third-order valence-corrected chi connectivity index (χ3v) is 3.65. The lowest BCUT2D eigenvalue weighted by atomic mass is 10.0. The minimum atomic E-state index is -0.670. The zero-order valence-electron chi connectivity index (χ0n) is 13.0. The topological polar surface area (TPSA) is 82.0 Å². The molecule has 0 fully saturated rings. The van der Waals surface area contributed by atoms with E-state index < -0.39 is 5.60 Å². The summed E-state index contributed by atoms with van der Waals surface area (Å²) in [6.45, 7) is 4.20. The Morgan fingerprint density at radius 3 is 2.48 bits per heavy atom. The summed E-state index contributed by atoms with van der Waals surface area (Å²) in [5.74, 6) is 0. The summed E-state index contributed by atoms with van der Waals surface area (Å²) in [5, 5.41) is 9.68. The van der Waals surface area contributed by atoms with Crippen LogP contribution in [0.3, 0.4) is 0 Å². The van der Waals surface area contributed by atoms with Crippen molar-refractivity contribution < 1.29 is 5.11 Å². The van der Waals surface area contributed by atoms with Gasteiger partial charge in [-0.1, -0.05) is 0 Å². The molecule has 21 heavy (non-hydrogen) atoms. The van der Waals surface area contributed by atoms with Gasteiger partial charge in [0, 0.05) is 20.6 Å². The van der Waals surface area contributed by atoms with Crippen molar-refractivity contribution in [3.63, 3.8) is 0 Å². The molecule has 0 atom stereocenters. The first-order chi connectivity index (χ1) is 9.72. The number of rotatable bonds is 5. The zero-order chi connectivity index (χ0) is 15.8. The van der Waals surface area contributed by atoms with E-state index in [0.717, 1.165) is 17.4 Å². The van der Waals surface area contributed by atoms with Gasteiger partial charge in [0.15, 0.2) is 11.2 Å². The molecule has 0 unspecified atom stereocenters. The Hall–Kier alpha value is -1.89. The molecule has 7 nitrogen and oxygen atoms in total. The smallest absolute Gasteiger partial charge is 0.332 e. The number of aryl methyl sites for hydroxylation is 2. The van der Waals surface area contributed by atoms with Gasteiger partial charge in [0.25, 0.3) is 5.56 Å². The molecule has 0 amide bonds. The number of hydrogen-bond donors (Lipinski definition) is 1. The molecule has 2 rings (SSSR count). The molecule has 0 aliphatic rings. The highest BCUT2D eigenvalue weighted by molar-refractivity contribution is 5.69. The van der Waals surface area contributed by atoms with Crippen molar-refractivity contribution in [3.05, 3.63) is 27.2 Å². The van der Waals surface area contributed by atoms with Crippen LogP contribution < -0.4 is 11.2 Å². The van der Waals surface area contributed by atoms with Gasteiger partial charge in [-0.05, 0) is 33.1 Å². The summed E-state index contributed by atoms with van der Waals surface area (Å²) >= 11 is 0. The van der Waals surface area contributed by atoms with Crippen molar-refractivity contribution in [1.82, 2.24) is 18.7 Å². The first-order valence-electron chi connectivity index (χ1n) is 7.05. The minimum absolute atomic E-state index is 0.326. The average Bonchev–Trinajstić information content (AvgIpc) is 2.82. The standard InChI is InChI=1S/C14H22N4O3/c1-14(2,21)7-5-6-8-18-9-15-11-10(18)12(19)17(4)13(20)16(11)3/h9,21H,5-8H2,1-4H3. The van der Waals surface area contributed by atoms with Gasteiger partial charge in [0.05, 0.1) is 11.9 Å². The molecule has 0 aliphatic carbocycles. The largest absolute Gasteiger partial charge is 0.390 e. The Kier molecular flexibility index (Phi) is 4.04. The molecular formula is C14H22N4O3. The normalized spacial score (nSPS) is 12.2. The van der Waals surface area contributed by atoms with Crippen LogP contribution in [-0.4, -0.2) is 29.4 Å². The van der Waals surface area contributed by atoms with E-state index in [1.807, 2.05) is 0 Å². The molecule has 0 spiro atoms. The molecule has 0 aliphatic heterocycles. The van der Waals surface area contributed by atoms with Gasteiger partial charge in [-0.25, -0.2) is 9.78 Å². The molecule has 0 aromatic carbocycles. The fourth-order valence-corrected chi connectivity index (χ4v) is 2.41. The molecule has 116 valence electrons. The molecular weight excluding hydrogens is 272 g/mol. The molecule has 7 heteroatoms. The number of fused-ring (bicyclic) bond motifs is 1. The van der Waals surface area contributed by atoms with Crippen LogP contribution in [0.25, 0.3) is 11.2 Å². The summed E-state index contributed by atoms with van der Waals surface area (Å²) in [5.41, 5.74) is -0.516. The third-order valence-electron chi connectivity index (χ3n) is 3.65. The predicted molar refractivity (Wildman–Crippen MR) is 80.4 cm³/mol. The molecule has 0 radical (unpaired) electrons. The van der Waals surface area contributed by atoms with E-state index in [1.165, 1.54) is 11.6 Å². The second-order valence-corrected chi connectivity index (χ2v) is 6.09. The Morgan fingerprint density at radius 1 is 1.19 bits per heavy atom. The van der Waals surface area contributed by atoms with Crippen LogP contribution in [0, 0.1) is 0 Å². The first kappa shape index (κ1) is 15.5. The Labute approximate surface area is 122 Å². The second kappa shape index (κ2) is 5.48. The Morgan fingerprint density at radius 2 is 1.86 bits per heavy atom. The maximum absolute atomic E-state index is 12.2. The van der Waals surface area contributed by atoms with Crippen molar-refractivity contribution in [2.24, 2.45) is 14.1 Å². The van der Waals surface area contributed by atoms with E-state index in [9.17, 15) is 14.7 Å². The molecule has 1 N–H and O–H groups in total. The van der Waals surface area contributed by atoms with Crippen molar-refractivity contribution in [2.45, 2.75) is 45.3 Å². The maximum Gasteiger partial charge on any atom is 0.332 e. The van der Waals surface area contributed by atoms with Crippen LogP contribution in [-0.2, 0) is 20.6 Å². The Balaban J connectivity index is 2.27. The van der Waals surface area contributed by atoms with Gasteiger partial charge in [0.2, 0.25) is 0 Å². The highest BCUT2D eigenvalue weighted by Gasteiger charge is 2.15. The van der Waals surface area contributed by atoms with E-state index >= 15 is 0 Å². The lowest BCUT2D eigenvalue weighted by Gasteiger charge is -2.16. The van der Waals surface area contributed by atoms with Gasteiger partial charge in [-0.15, -0.1) is 0 Å². The summed E-state index contributed by atoms with van der Waals surface area (Å²) in [6, 6.07) is 0. The molecule has 2 heterocycles. The predicted octanol–water partition coefficient (Wildman–Crippen LogP) is 0.375. The van der Waals surface area contributed by atoms with Crippen LogP contribution in [0.5, 0.6) is 0 Å². The highest BCUT2D eigenvalue weighted by Crippen LogP contribution is 2.13. The van der Waals surface area contributed by atoms with Crippen molar-refractivity contribution in [2.75, 3.05) is 0 Å². The lowest BCUT2D eigenvalue weighted by molar-refractivity contribution is 0.0679. The monoisotopic (exact) mass is 294 g/mol. The highest BCUT2D eigenvalue weighted by atomic mass is 16.3. The van der Waals surface area contributed by atoms with E-state index in [0.29, 0.717) is 24.1 Å². The molecule has 0 bridgehead atoms. The van der Waals surface area contributed by atoms with Gasteiger partial charge in [-0.2, -0.15) is 0 Å². The number of aromatic nitrogens is 4. The summed E-state index contributed by atoms with van der Waals surface area (Å²) < 4.78 is 4.25. The fourth-order valence-electron chi connectivity index (χ4n) is 2.41. The van der Waals surface area contributed by atoms with Crippen molar-refractivity contribution >= 4 is 11.2 Å². The van der Waals surface area contributed by atoms with Gasteiger partial charge >= 0.3 is 5.69 Å². The van der Waals surface area contributed by atoms with E-state index in [4.69, 9.17) is 0 Å². The van der Waals surface area contributed by atoms with Gasteiger partial charge in [0.1, 0.15) is 0 Å². The van der Waals surface area contributed by atoms with Gasteiger partial charge < -0.3 is 9.67 Å². The quantitative estimate of drug-likeness (QED) is 0.808. The molecule has 0 saturated carbocycles. The van der Waals surface area contributed by atoms with Crippen LogP contribution in [0.1, 0.15) is 33.1 Å². The number of hydrogen-bond acceptors (Lipinski definition) is 4. The van der Waals surface area contributed by atoms with E-state index in [2.05, 4.69) is 4.98 Å². The van der Waals surface area contributed by atoms with E-state index in [1.54, 1.807) is 31.8 Å². The minimum Gasteiger partial charge on any atom is -0.390 e.